The zero-order valence-corrected chi connectivity index (χ0v) is 19.3. The Hall–Kier alpha value is -4.03. The molecule has 0 radical (unpaired) electrons. The van der Waals surface area contributed by atoms with Crippen LogP contribution in [0.3, 0.4) is 0 Å². The van der Waals surface area contributed by atoms with Gasteiger partial charge in [0.2, 0.25) is 11.8 Å². The number of carboxylic acids is 1. The molecule has 176 valence electrons. The summed E-state index contributed by atoms with van der Waals surface area (Å²) < 4.78 is 0. The van der Waals surface area contributed by atoms with Gasteiger partial charge in [-0.1, -0.05) is 91.9 Å². The molecule has 2 aliphatic rings. The van der Waals surface area contributed by atoms with E-state index in [1.54, 1.807) is 48.5 Å². The third kappa shape index (κ3) is 3.67. The van der Waals surface area contributed by atoms with Crippen LogP contribution >= 0.6 is 0 Å². The van der Waals surface area contributed by atoms with E-state index in [-0.39, 0.29) is 0 Å². The number of hydrogen-bond donors (Lipinski definition) is 2. The van der Waals surface area contributed by atoms with Crippen molar-refractivity contribution in [1.82, 2.24) is 5.32 Å². The van der Waals surface area contributed by atoms with Crippen LogP contribution in [0.2, 0.25) is 0 Å². The minimum absolute atomic E-state index is 0.390. The Kier molecular flexibility index (Phi) is 5.83. The number of aliphatic carboxylic acids is 1. The van der Waals surface area contributed by atoms with Crippen LogP contribution in [0.25, 0.3) is 6.08 Å². The normalized spacial score (nSPS) is 25.9. The number of carbonyl (C=O) groups excluding carboxylic acids is 2. The van der Waals surface area contributed by atoms with Crippen LogP contribution < -0.4 is 10.2 Å². The van der Waals surface area contributed by atoms with Crippen LogP contribution in [-0.2, 0) is 26.3 Å². The number of carbonyl (C=O) groups is 3. The third-order valence-corrected chi connectivity index (χ3v) is 7.06. The Balaban J connectivity index is 1.63. The predicted octanol–water partition coefficient (Wildman–Crippen LogP) is 4.02. The lowest BCUT2D eigenvalue weighted by molar-refractivity contribution is -0.149. The number of hydrogen-bond acceptors (Lipinski definition) is 4. The van der Waals surface area contributed by atoms with Gasteiger partial charge in [0.1, 0.15) is 0 Å². The van der Waals surface area contributed by atoms with Gasteiger partial charge >= 0.3 is 5.97 Å². The van der Waals surface area contributed by atoms with Gasteiger partial charge in [-0.2, -0.15) is 0 Å². The number of carboxylic acid groups (broad SMARTS) is 1. The summed E-state index contributed by atoms with van der Waals surface area (Å²) in [5, 5.41) is 13.7. The fourth-order valence-corrected chi connectivity index (χ4v) is 5.32. The Bertz CT molecular complexity index is 1290. The van der Waals surface area contributed by atoms with E-state index in [0.717, 1.165) is 17.5 Å². The van der Waals surface area contributed by atoms with Crippen molar-refractivity contribution in [1.29, 1.82) is 0 Å². The number of nitrogens with zero attached hydrogens (tertiary/aromatic N) is 1. The van der Waals surface area contributed by atoms with E-state index in [0.29, 0.717) is 11.3 Å². The molecule has 0 saturated carbocycles. The van der Waals surface area contributed by atoms with Gasteiger partial charge < -0.3 is 5.11 Å². The lowest BCUT2D eigenvalue weighted by Gasteiger charge is -2.31. The molecule has 4 unspecified atom stereocenters. The predicted molar refractivity (Wildman–Crippen MR) is 133 cm³/mol. The quantitative estimate of drug-likeness (QED) is 0.536. The number of imide groups is 1. The Morgan fingerprint density at radius 1 is 0.943 bits per heavy atom. The standard InChI is InChI=1S/C29H26N2O4/c1-2-19-13-16-22(17-14-19)31-26(32)24-23(18-15-20-9-5-3-6-10-20)30-29(28(34)35,25(24)27(31)33)21-11-7-4-8-12-21/h3-18,23-25,30H,2H2,1H3,(H,34,35). The van der Waals surface area contributed by atoms with Crippen molar-refractivity contribution in [2.24, 2.45) is 11.8 Å². The third-order valence-electron chi connectivity index (χ3n) is 7.06. The van der Waals surface area contributed by atoms with E-state index in [4.69, 9.17) is 0 Å². The second kappa shape index (κ2) is 8.96. The molecular weight excluding hydrogens is 440 g/mol. The number of rotatable bonds is 6. The van der Waals surface area contributed by atoms with Gasteiger partial charge in [0.05, 0.1) is 17.5 Å². The maximum absolute atomic E-state index is 13.8. The highest BCUT2D eigenvalue weighted by molar-refractivity contribution is 6.24. The second-order valence-electron chi connectivity index (χ2n) is 8.95. The highest BCUT2D eigenvalue weighted by Gasteiger charge is 2.68. The Labute approximate surface area is 203 Å². The van der Waals surface area contributed by atoms with Crippen LogP contribution in [0.5, 0.6) is 0 Å². The Morgan fingerprint density at radius 3 is 2.17 bits per heavy atom. The lowest BCUT2D eigenvalue weighted by atomic mass is 9.76. The van der Waals surface area contributed by atoms with E-state index in [1.165, 1.54) is 4.90 Å². The molecule has 35 heavy (non-hydrogen) atoms. The second-order valence-corrected chi connectivity index (χ2v) is 8.95. The first kappa shape index (κ1) is 22.7. The lowest BCUT2D eigenvalue weighted by Crippen LogP contribution is -2.54. The number of fused-ring (bicyclic) bond motifs is 1. The molecule has 5 rings (SSSR count). The summed E-state index contributed by atoms with van der Waals surface area (Å²) in [6.45, 7) is 2.03. The molecule has 0 aromatic heterocycles. The van der Waals surface area contributed by atoms with E-state index >= 15 is 0 Å². The molecule has 2 N–H and O–H groups in total. The van der Waals surface area contributed by atoms with Gasteiger partial charge in [0.15, 0.2) is 5.54 Å². The van der Waals surface area contributed by atoms with Crippen molar-refractivity contribution < 1.29 is 19.5 Å². The summed E-state index contributed by atoms with van der Waals surface area (Å²) in [6, 6.07) is 24.9. The van der Waals surface area contributed by atoms with E-state index < -0.39 is 41.2 Å². The Morgan fingerprint density at radius 2 is 1.57 bits per heavy atom. The van der Waals surface area contributed by atoms with Crippen LogP contribution in [0, 0.1) is 11.8 Å². The van der Waals surface area contributed by atoms with Gasteiger partial charge in [0, 0.05) is 6.04 Å². The highest BCUT2D eigenvalue weighted by atomic mass is 16.4. The molecule has 0 spiro atoms. The minimum Gasteiger partial charge on any atom is -0.480 e. The molecule has 0 bridgehead atoms. The molecule has 2 saturated heterocycles. The fraction of sp³-hybridized carbons (Fsp3) is 0.207. The van der Waals surface area contributed by atoms with Gasteiger partial charge in [0.25, 0.3) is 0 Å². The number of nitrogens with one attached hydrogen (secondary N) is 1. The molecule has 3 aromatic carbocycles. The summed E-state index contributed by atoms with van der Waals surface area (Å²) in [6.07, 6.45) is 4.49. The van der Waals surface area contributed by atoms with Gasteiger partial charge in [-0.15, -0.1) is 0 Å². The van der Waals surface area contributed by atoms with Crippen molar-refractivity contribution >= 4 is 29.5 Å². The molecule has 6 heteroatoms. The number of anilines is 1. The molecule has 4 atom stereocenters. The molecule has 6 nitrogen and oxygen atoms in total. The van der Waals surface area contributed by atoms with Crippen molar-refractivity contribution in [3.05, 3.63) is 108 Å². The summed E-state index contributed by atoms with van der Waals surface area (Å²) in [4.78, 5) is 41.7. The maximum Gasteiger partial charge on any atom is 0.329 e. The van der Waals surface area contributed by atoms with Gasteiger partial charge in [-0.25, -0.2) is 9.69 Å². The SMILES string of the molecule is CCc1ccc(N2C(=O)C3C(C=Cc4ccccc4)NC(C(=O)O)(c4ccccc4)C3C2=O)cc1. The van der Waals surface area contributed by atoms with E-state index in [9.17, 15) is 19.5 Å². The van der Waals surface area contributed by atoms with Gasteiger partial charge in [-0.3, -0.25) is 14.9 Å². The maximum atomic E-state index is 13.8. The van der Waals surface area contributed by atoms with Crippen LogP contribution in [0.1, 0.15) is 23.6 Å². The highest BCUT2D eigenvalue weighted by Crippen LogP contribution is 2.49. The number of amides is 2. The monoisotopic (exact) mass is 466 g/mol. The molecular formula is C29H26N2O4. The largest absolute Gasteiger partial charge is 0.480 e. The molecule has 3 aromatic rings. The van der Waals surface area contributed by atoms with Gasteiger partial charge in [-0.05, 0) is 35.2 Å². The smallest absolute Gasteiger partial charge is 0.329 e. The van der Waals surface area contributed by atoms with E-state index in [1.807, 2.05) is 55.5 Å². The van der Waals surface area contributed by atoms with Crippen molar-refractivity contribution in [2.45, 2.75) is 24.9 Å². The number of benzene rings is 3. The summed E-state index contributed by atoms with van der Waals surface area (Å²) in [5.74, 6) is -4.02. The molecule has 2 aliphatic heterocycles. The minimum atomic E-state index is -1.73. The average Bonchev–Trinajstić information content (AvgIpc) is 3.38. The summed E-state index contributed by atoms with van der Waals surface area (Å²) >= 11 is 0. The number of aryl methyl sites for hydroxylation is 1. The first-order valence-corrected chi connectivity index (χ1v) is 11.7. The molecule has 2 amide bonds. The zero-order chi connectivity index (χ0) is 24.6. The average molecular weight is 467 g/mol. The van der Waals surface area contributed by atoms with Crippen molar-refractivity contribution in [2.75, 3.05) is 4.90 Å². The molecule has 0 aliphatic carbocycles. The van der Waals surface area contributed by atoms with Crippen LogP contribution in [-0.4, -0.2) is 28.9 Å². The first-order valence-electron chi connectivity index (χ1n) is 11.7. The zero-order valence-electron chi connectivity index (χ0n) is 19.3. The first-order chi connectivity index (χ1) is 17.0. The summed E-state index contributed by atoms with van der Waals surface area (Å²) in [7, 11) is 0. The summed E-state index contributed by atoms with van der Waals surface area (Å²) in [5.41, 5.74) is 1.18. The molecule has 2 fully saturated rings. The topological polar surface area (TPSA) is 86.7 Å². The fourth-order valence-electron chi connectivity index (χ4n) is 5.32. The van der Waals surface area contributed by atoms with Crippen molar-refractivity contribution in [3.63, 3.8) is 0 Å². The molecule has 2 heterocycles. The van der Waals surface area contributed by atoms with Crippen LogP contribution in [0.4, 0.5) is 5.69 Å². The van der Waals surface area contributed by atoms with Crippen molar-refractivity contribution in [3.8, 4) is 0 Å². The van der Waals surface area contributed by atoms with Crippen LogP contribution in [0.15, 0.2) is 91.0 Å². The van der Waals surface area contributed by atoms with E-state index in [2.05, 4.69) is 5.32 Å².